The predicted octanol–water partition coefficient (Wildman–Crippen LogP) is 2.34. The molecule has 1 aromatic carbocycles. The molecule has 1 N–H and O–H groups in total. The van der Waals surface area contributed by atoms with Gasteiger partial charge in [0.05, 0.1) is 5.52 Å². The highest BCUT2D eigenvalue weighted by Gasteiger charge is 2.18. The van der Waals surface area contributed by atoms with E-state index in [0.717, 1.165) is 42.4 Å². The standard InChI is InChI=1S/C18H21N3O/c1-21-17-5-3-2-4-15(17)14(16(12-19)18(21)22)7-6-13-8-10-20-11-9-13/h2-5,13,20H,6-11H2,1H3. The SMILES string of the molecule is Cn1c(=O)c(C#N)c(CCC2CCNCC2)c2ccccc21. The third-order valence-corrected chi connectivity index (χ3v) is 4.78. The van der Waals surface area contributed by atoms with E-state index in [9.17, 15) is 10.1 Å². The van der Waals surface area contributed by atoms with Crippen molar-refractivity contribution in [2.24, 2.45) is 13.0 Å². The number of para-hydroxylation sites is 1. The summed E-state index contributed by atoms with van der Waals surface area (Å²) in [4.78, 5) is 12.4. The Labute approximate surface area is 130 Å². The van der Waals surface area contributed by atoms with Gasteiger partial charge in [-0.2, -0.15) is 5.26 Å². The topological polar surface area (TPSA) is 57.8 Å². The molecular weight excluding hydrogens is 274 g/mol. The molecule has 22 heavy (non-hydrogen) atoms. The van der Waals surface area contributed by atoms with E-state index in [1.54, 1.807) is 11.6 Å². The van der Waals surface area contributed by atoms with Crippen molar-refractivity contribution in [3.8, 4) is 6.07 Å². The second-order valence-corrected chi connectivity index (χ2v) is 6.08. The highest BCUT2D eigenvalue weighted by molar-refractivity contribution is 5.84. The summed E-state index contributed by atoms with van der Waals surface area (Å²) in [6.45, 7) is 2.15. The molecule has 114 valence electrons. The highest BCUT2D eigenvalue weighted by Crippen LogP contribution is 2.24. The number of benzene rings is 1. The largest absolute Gasteiger partial charge is 0.317 e. The van der Waals surface area contributed by atoms with E-state index in [-0.39, 0.29) is 5.56 Å². The molecule has 0 radical (unpaired) electrons. The van der Waals surface area contributed by atoms with E-state index >= 15 is 0 Å². The monoisotopic (exact) mass is 295 g/mol. The molecule has 1 aromatic heterocycles. The van der Waals surface area contributed by atoms with Crippen LogP contribution in [0.5, 0.6) is 0 Å². The molecule has 0 saturated carbocycles. The first-order valence-electron chi connectivity index (χ1n) is 7.93. The summed E-state index contributed by atoms with van der Waals surface area (Å²) in [6, 6.07) is 10.0. The summed E-state index contributed by atoms with van der Waals surface area (Å²) in [5.74, 6) is 0.690. The van der Waals surface area contributed by atoms with Crippen molar-refractivity contribution in [1.29, 1.82) is 5.26 Å². The van der Waals surface area contributed by atoms with Crippen LogP contribution in [-0.2, 0) is 13.5 Å². The maximum atomic E-state index is 12.4. The molecule has 1 aliphatic rings. The average Bonchev–Trinajstić information content (AvgIpc) is 2.57. The molecule has 0 amide bonds. The first-order chi connectivity index (χ1) is 10.7. The van der Waals surface area contributed by atoms with Crippen LogP contribution in [-0.4, -0.2) is 17.7 Å². The molecule has 1 aliphatic heterocycles. The number of rotatable bonds is 3. The van der Waals surface area contributed by atoms with E-state index in [2.05, 4.69) is 11.4 Å². The summed E-state index contributed by atoms with van der Waals surface area (Å²) in [7, 11) is 1.74. The molecule has 2 heterocycles. The lowest BCUT2D eigenvalue weighted by molar-refractivity contribution is 0.354. The molecule has 4 nitrogen and oxygen atoms in total. The summed E-state index contributed by atoms with van der Waals surface area (Å²) in [5, 5.41) is 13.9. The Bertz CT molecular complexity index is 779. The molecule has 0 aliphatic carbocycles. The van der Waals surface area contributed by atoms with Crippen LogP contribution < -0.4 is 10.9 Å². The zero-order valence-electron chi connectivity index (χ0n) is 12.9. The number of nitriles is 1. The lowest BCUT2D eigenvalue weighted by Crippen LogP contribution is -2.28. The van der Waals surface area contributed by atoms with Gasteiger partial charge in [-0.1, -0.05) is 18.2 Å². The quantitative estimate of drug-likeness (QED) is 0.945. The van der Waals surface area contributed by atoms with Crippen molar-refractivity contribution >= 4 is 10.9 Å². The van der Waals surface area contributed by atoms with Gasteiger partial charge >= 0.3 is 0 Å². The second-order valence-electron chi connectivity index (χ2n) is 6.08. The van der Waals surface area contributed by atoms with Gasteiger partial charge in [-0.15, -0.1) is 0 Å². The number of pyridine rings is 1. The molecular formula is C18H21N3O. The summed E-state index contributed by atoms with van der Waals surface area (Å²) < 4.78 is 1.59. The summed E-state index contributed by atoms with van der Waals surface area (Å²) in [6.07, 6.45) is 4.23. The van der Waals surface area contributed by atoms with Crippen LogP contribution in [0.1, 0.15) is 30.4 Å². The first kappa shape index (κ1) is 14.8. The van der Waals surface area contributed by atoms with E-state index < -0.39 is 0 Å². The van der Waals surface area contributed by atoms with Crippen molar-refractivity contribution in [1.82, 2.24) is 9.88 Å². The molecule has 1 saturated heterocycles. The molecule has 0 bridgehead atoms. The Morgan fingerprint density at radius 2 is 2.05 bits per heavy atom. The van der Waals surface area contributed by atoms with Gasteiger partial charge in [-0.05, 0) is 56.3 Å². The number of aryl methyl sites for hydroxylation is 2. The lowest BCUT2D eigenvalue weighted by atomic mass is 9.89. The predicted molar refractivity (Wildman–Crippen MR) is 87.8 cm³/mol. The minimum atomic E-state index is -0.179. The molecule has 2 aromatic rings. The number of piperidine rings is 1. The first-order valence-corrected chi connectivity index (χ1v) is 7.93. The number of nitrogens with one attached hydrogen (secondary N) is 1. The number of hydrogen-bond donors (Lipinski definition) is 1. The number of aromatic nitrogens is 1. The lowest BCUT2D eigenvalue weighted by Gasteiger charge is -2.23. The highest BCUT2D eigenvalue weighted by atomic mass is 16.1. The third kappa shape index (κ3) is 2.65. The van der Waals surface area contributed by atoms with Crippen LogP contribution in [0.2, 0.25) is 0 Å². The van der Waals surface area contributed by atoms with Crippen molar-refractivity contribution < 1.29 is 0 Å². The number of hydrogen-bond acceptors (Lipinski definition) is 3. The van der Waals surface area contributed by atoms with Gasteiger partial charge in [0.1, 0.15) is 11.6 Å². The molecule has 0 spiro atoms. The second kappa shape index (κ2) is 6.33. The molecule has 3 rings (SSSR count). The van der Waals surface area contributed by atoms with Crippen LogP contribution in [0.15, 0.2) is 29.1 Å². The third-order valence-electron chi connectivity index (χ3n) is 4.78. The Morgan fingerprint density at radius 3 is 2.77 bits per heavy atom. The van der Waals surface area contributed by atoms with Gasteiger partial charge in [0.15, 0.2) is 0 Å². The fourth-order valence-electron chi connectivity index (χ4n) is 3.46. The summed E-state index contributed by atoms with van der Waals surface area (Å²) >= 11 is 0. The van der Waals surface area contributed by atoms with Gasteiger partial charge in [0.25, 0.3) is 5.56 Å². The van der Waals surface area contributed by atoms with Gasteiger partial charge in [-0.3, -0.25) is 4.79 Å². The Balaban J connectivity index is 2.01. The maximum absolute atomic E-state index is 12.4. The zero-order valence-corrected chi connectivity index (χ0v) is 12.9. The Hall–Kier alpha value is -2.12. The van der Waals surface area contributed by atoms with Crippen LogP contribution >= 0.6 is 0 Å². The van der Waals surface area contributed by atoms with Crippen molar-refractivity contribution in [3.05, 3.63) is 45.7 Å². The molecule has 4 heteroatoms. The minimum absolute atomic E-state index is 0.179. The van der Waals surface area contributed by atoms with E-state index in [0.29, 0.717) is 11.5 Å². The van der Waals surface area contributed by atoms with Crippen molar-refractivity contribution in [2.45, 2.75) is 25.7 Å². The summed E-state index contributed by atoms with van der Waals surface area (Å²) in [5.41, 5.74) is 1.98. The Kier molecular flexibility index (Phi) is 4.26. The van der Waals surface area contributed by atoms with Gasteiger partial charge in [-0.25, -0.2) is 0 Å². The van der Waals surface area contributed by atoms with Crippen LogP contribution in [0.3, 0.4) is 0 Å². The number of nitrogens with zero attached hydrogens (tertiary/aromatic N) is 2. The van der Waals surface area contributed by atoms with Gasteiger partial charge in [0, 0.05) is 12.4 Å². The number of fused-ring (bicyclic) bond motifs is 1. The normalized spacial score (nSPS) is 15.8. The molecule has 0 unspecified atom stereocenters. The van der Waals surface area contributed by atoms with E-state index in [1.807, 2.05) is 24.3 Å². The van der Waals surface area contributed by atoms with Crippen molar-refractivity contribution in [2.75, 3.05) is 13.1 Å². The fraction of sp³-hybridized carbons (Fsp3) is 0.444. The van der Waals surface area contributed by atoms with Crippen LogP contribution in [0.4, 0.5) is 0 Å². The molecule has 0 atom stereocenters. The Morgan fingerprint density at radius 1 is 1.32 bits per heavy atom. The maximum Gasteiger partial charge on any atom is 0.268 e. The average molecular weight is 295 g/mol. The van der Waals surface area contributed by atoms with E-state index in [1.165, 1.54) is 12.8 Å². The fourth-order valence-corrected chi connectivity index (χ4v) is 3.46. The zero-order chi connectivity index (χ0) is 15.5. The molecule has 1 fully saturated rings. The smallest absolute Gasteiger partial charge is 0.268 e. The van der Waals surface area contributed by atoms with Crippen LogP contribution in [0.25, 0.3) is 10.9 Å². The van der Waals surface area contributed by atoms with E-state index in [4.69, 9.17) is 0 Å². The van der Waals surface area contributed by atoms with Gasteiger partial charge < -0.3 is 9.88 Å². The minimum Gasteiger partial charge on any atom is -0.317 e. The van der Waals surface area contributed by atoms with Gasteiger partial charge in [0.2, 0.25) is 0 Å². The van der Waals surface area contributed by atoms with Crippen molar-refractivity contribution in [3.63, 3.8) is 0 Å². The van der Waals surface area contributed by atoms with Crippen LogP contribution in [0, 0.1) is 17.2 Å².